The highest BCUT2D eigenvalue weighted by Gasteiger charge is 2.21. The number of thioether (sulfide) groups is 1. The molecule has 1 atom stereocenters. The summed E-state index contributed by atoms with van der Waals surface area (Å²) in [4.78, 5) is 4.39. The number of rotatable bonds is 6. The normalized spacial score (nSPS) is 12.5. The molecule has 126 valence electrons. The number of ether oxygens (including phenoxy) is 1. The van der Waals surface area contributed by atoms with Crippen molar-refractivity contribution in [2.45, 2.75) is 37.2 Å². The highest BCUT2D eigenvalue weighted by molar-refractivity contribution is 7.99. The molecule has 0 saturated heterocycles. The molecule has 1 aromatic carbocycles. The second-order valence-electron chi connectivity index (χ2n) is 5.48. The van der Waals surface area contributed by atoms with E-state index in [0.29, 0.717) is 28.6 Å². The monoisotopic (exact) mass is 346 g/mol. The van der Waals surface area contributed by atoms with Crippen LogP contribution in [0.25, 0.3) is 11.5 Å². The first-order chi connectivity index (χ1) is 11.6. The summed E-state index contributed by atoms with van der Waals surface area (Å²) in [6.45, 7) is 5.99. The van der Waals surface area contributed by atoms with Crippen molar-refractivity contribution >= 4 is 11.8 Å². The van der Waals surface area contributed by atoms with Crippen LogP contribution in [0, 0.1) is 0 Å². The van der Waals surface area contributed by atoms with Gasteiger partial charge in [-0.2, -0.15) is 4.98 Å². The average Bonchev–Trinajstić information content (AvgIpc) is 3.24. The summed E-state index contributed by atoms with van der Waals surface area (Å²) >= 11 is 1.37. The maximum atomic E-state index is 5.73. The van der Waals surface area contributed by atoms with E-state index in [4.69, 9.17) is 13.7 Å². The van der Waals surface area contributed by atoms with Crippen molar-refractivity contribution in [3.8, 4) is 17.2 Å². The topological polar surface area (TPSA) is 87.1 Å². The zero-order chi connectivity index (χ0) is 17.1. The van der Waals surface area contributed by atoms with E-state index in [2.05, 4.69) is 20.3 Å². The minimum atomic E-state index is -0.0871. The van der Waals surface area contributed by atoms with Gasteiger partial charge < -0.3 is 13.7 Å². The Kier molecular flexibility index (Phi) is 4.84. The quantitative estimate of drug-likeness (QED) is 0.616. The van der Waals surface area contributed by atoms with Gasteiger partial charge in [0.25, 0.3) is 11.1 Å². The summed E-state index contributed by atoms with van der Waals surface area (Å²) < 4.78 is 16.3. The van der Waals surface area contributed by atoms with Crippen LogP contribution in [0.3, 0.4) is 0 Å². The maximum absolute atomic E-state index is 5.73. The molecule has 8 heteroatoms. The van der Waals surface area contributed by atoms with Crippen LogP contribution < -0.4 is 4.74 Å². The van der Waals surface area contributed by atoms with Gasteiger partial charge in [-0.3, -0.25) is 0 Å². The van der Waals surface area contributed by atoms with Gasteiger partial charge in [-0.25, -0.2) is 0 Å². The van der Waals surface area contributed by atoms with E-state index in [1.807, 2.05) is 45.0 Å². The molecule has 0 N–H and O–H groups in total. The second-order valence-corrected chi connectivity index (χ2v) is 6.77. The Balaban J connectivity index is 1.76. The largest absolute Gasteiger partial charge is 0.496 e. The fourth-order valence-electron chi connectivity index (χ4n) is 2.04. The highest BCUT2D eigenvalue weighted by atomic mass is 32.2. The van der Waals surface area contributed by atoms with Crippen LogP contribution in [0.4, 0.5) is 0 Å². The molecular weight excluding hydrogens is 328 g/mol. The minimum absolute atomic E-state index is 0.0871. The Bertz CT molecular complexity index is 815. The average molecular weight is 346 g/mol. The lowest BCUT2D eigenvalue weighted by Crippen LogP contribution is -1.92. The molecule has 0 radical (unpaired) electrons. The van der Waals surface area contributed by atoms with Crippen molar-refractivity contribution in [2.75, 3.05) is 7.11 Å². The third kappa shape index (κ3) is 3.43. The van der Waals surface area contributed by atoms with Crippen LogP contribution in [0.2, 0.25) is 0 Å². The van der Waals surface area contributed by atoms with Crippen LogP contribution in [-0.2, 0) is 0 Å². The van der Waals surface area contributed by atoms with Gasteiger partial charge in [-0.15, -0.1) is 10.2 Å². The predicted molar refractivity (Wildman–Crippen MR) is 88.9 cm³/mol. The molecule has 3 aromatic rings. The molecule has 0 fully saturated rings. The van der Waals surface area contributed by atoms with Gasteiger partial charge in [-0.1, -0.05) is 42.9 Å². The molecule has 2 aromatic heterocycles. The maximum Gasteiger partial charge on any atom is 0.277 e. The molecule has 0 spiro atoms. The van der Waals surface area contributed by atoms with Crippen LogP contribution in [0.1, 0.15) is 43.7 Å². The Morgan fingerprint density at radius 3 is 2.62 bits per heavy atom. The van der Waals surface area contributed by atoms with Crippen molar-refractivity contribution in [1.29, 1.82) is 0 Å². The lowest BCUT2D eigenvalue weighted by Gasteiger charge is -2.03. The molecule has 3 rings (SSSR count). The Hall–Kier alpha value is -2.35. The van der Waals surface area contributed by atoms with Crippen LogP contribution in [0.15, 0.2) is 38.4 Å². The molecule has 7 nitrogen and oxygen atoms in total. The number of methoxy groups -OCH3 is 1. The lowest BCUT2D eigenvalue weighted by molar-refractivity contribution is 0.372. The van der Waals surface area contributed by atoms with Gasteiger partial charge >= 0.3 is 0 Å². The van der Waals surface area contributed by atoms with Crippen molar-refractivity contribution in [3.63, 3.8) is 0 Å². The van der Waals surface area contributed by atoms with E-state index in [-0.39, 0.29) is 11.2 Å². The van der Waals surface area contributed by atoms with Crippen LogP contribution >= 0.6 is 11.8 Å². The summed E-state index contributed by atoms with van der Waals surface area (Å²) in [5, 5.41) is 12.5. The molecule has 0 aliphatic rings. The molecular formula is C16H18N4O3S. The SMILES string of the molecule is COc1ccccc1-c1nnc(SC(C)c2nc(C(C)C)no2)o1. The summed E-state index contributed by atoms with van der Waals surface area (Å²) in [5.41, 5.74) is 0.756. The zero-order valence-electron chi connectivity index (χ0n) is 13.9. The first-order valence-corrected chi connectivity index (χ1v) is 8.43. The molecule has 0 bridgehead atoms. The van der Waals surface area contributed by atoms with Crippen LogP contribution in [0.5, 0.6) is 5.75 Å². The number of aromatic nitrogens is 4. The number of benzene rings is 1. The van der Waals surface area contributed by atoms with Crippen molar-refractivity contribution < 1.29 is 13.7 Å². The van der Waals surface area contributed by atoms with Crippen molar-refractivity contribution in [3.05, 3.63) is 36.0 Å². The number of hydrogen-bond acceptors (Lipinski definition) is 8. The molecule has 0 aliphatic carbocycles. The zero-order valence-corrected chi connectivity index (χ0v) is 14.7. The van der Waals surface area contributed by atoms with E-state index in [0.717, 1.165) is 5.56 Å². The van der Waals surface area contributed by atoms with E-state index in [9.17, 15) is 0 Å². The standard InChI is InChI=1S/C16H18N4O3S/c1-9(2)13-17-14(23-20-13)10(3)24-16-19-18-15(22-16)11-7-5-6-8-12(11)21-4/h5-10H,1-4H3. The first-order valence-electron chi connectivity index (χ1n) is 7.55. The smallest absolute Gasteiger partial charge is 0.277 e. The molecule has 0 saturated carbocycles. The van der Waals surface area contributed by atoms with Gasteiger partial charge in [0, 0.05) is 5.92 Å². The first kappa shape index (κ1) is 16.5. The van der Waals surface area contributed by atoms with E-state index in [1.165, 1.54) is 11.8 Å². The summed E-state index contributed by atoms with van der Waals surface area (Å²) in [6, 6.07) is 7.50. The Labute approximate surface area is 143 Å². The fraction of sp³-hybridized carbons (Fsp3) is 0.375. The highest BCUT2D eigenvalue weighted by Crippen LogP contribution is 2.36. The number of para-hydroxylation sites is 1. The lowest BCUT2D eigenvalue weighted by atomic mass is 10.2. The Morgan fingerprint density at radius 1 is 1.12 bits per heavy atom. The third-order valence-electron chi connectivity index (χ3n) is 3.34. The molecule has 0 amide bonds. The molecule has 2 heterocycles. The minimum Gasteiger partial charge on any atom is -0.496 e. The fourth-order valence-corrected chi connectivity index (χ4v) is 2.75. The molecule has 0 aliphatic heterocycles. The molecule has 1 unspecified atom stereocenters. The van der Waals surface area contributed by atoms with E-state index in [1.54, 1.807) is 7.11 Å². The second kappa shape index (κ2) is 7.04. The van der Waals surface area contributed by atoms with Crippen molar-refractivity contribution in [1.82, 2.24) is 20.3 Å². The summed E-state index contributed by atoms with van der Waals surface area (Å²) in [7, 11) is 1.61. The van der Waals surface area contributed by atoms with E-state index >= 15 is 0 Å². The van der Waals surface area contributed by atoms with E-state index < -0.39 is 0 Å². The van der Waals surface area contributed by atoms with Crippen LogP contribution in [-0.4, -0.2) is 27.4 Å². The van der Waals surface area contributed by atoms with Gasteiger partial charge in [0.15, 0.2) is 5.82 Å². The third-order valence-corrected chi connectivity index (χ3v) is 4.26. The summed E-state index contributed by atoms with van der Waals surface area (Å²) in [6.07, 6.45) is 0. The van der Waals surface area contributed by atoms with Gasteiger partial charge in [0.2, 0.25) is 5.89 Å². The van der Waals surface area contributed by atoms with Gasteiger partial charge in [-0.05, 0) is 19.1 Å². The van der Waals surface area contributed by atoms with Gasteiger partial charge in [0.05, 0.1) is 17.9 Å². The number of hydrogen-bond donors (Lipinski definition) is 0. The van der Waals surface area contributed by atoms with Crippen molar-refractivity contribution in [2.24, 2.45) is 0 Å². The Morgan fingerprint density at radius 2 is 1.92 bits per heavy atom. The predicted octanol–water partition coefficient (Wildman–Crippen LogP) is 4.10. The van der Waals surface area contributed by atoms with Gasteiger partial charge in [0.1, 0.15) is 5.75 Å². The summed E-state index contributed by atoms with van der Waals surface area (Å²) in [5.74, 6) is 2.55. The molecule has 24 heavy (non-hydrogen) atoms. The number of nitrogens with zero attached hydrogens (tertiary/aromatic N) is 4.